The highest BCUT2D eigenvalue weighted by atomic mass is 35.5. The van der Waals surface area contributed by atoms with Crippen molar-refractivity contribution in [1.29, 1.82) is 0 Å². The Morgan fingerprint density at radius 1 is 1.46 bits per heavy atom. The monoisotopic (exact) mass is 223 g/mol. The summed E-state index contributed by atoms with van der Waals surface area (Å²) in [5.74, 6) is 0.418. The number of hydrogen-bond acceptors (Lipinski definition) is 2. The SMILES string of the molecule is OC1CCCN(CC2CC2(Cl)Cl)C1. The van der Waals surface area contributed by atoms with E-state index in [9.17, 15) is 5.11 Å². The fourth-order valence-corrected chi connectivity index (χ4v) is 2.49. The Kier molecular flexibility index (Phi) is 2.76. The molecule has 1 saturated carbocycles. The summed E-state index contributed by atoms with van der Waals surface area (Å²) in [6, 6.07) is 0. The first-order valence-electron chi connectivity index (χ1n) is 4.86. The molecule has 0 amide bonds. The molecule has 2 aliphatic rings. The summed E-state index contributed by atoms with van der Waals surface area (Å²) in [4.78, 5) is 2.27. The van der Waals surface area contributed by atoms with E-state index in [2.05, 4.69) is 4.90 Å². The largest absolute Gasteiger partial charge is 0.392 e. The maximum absolute atomic E-state index is 9.44. The Balaban J connectivity index is 1.76. The second-order valence-corrected chi connectivity index (χ2v) is 5.76. The molecular formula is C9H15Cl2NO. The minimum Gasteiger partial charge on any atom is -0.392 e. The molecule has 13 heavy (non-hydrogen) atoms. The van der Waals surface area contributed by atoms with Gasteiger partial charge in [-0.05, 0) is 25.8 Å². The van der Waals surface area contributed by atoms with Crippen LogP contribution < -0.4 is 0 Å². The number of piperidine rings is 1. The molecule has 2 atom stereocenters. The van der Waals surface area contributed by atoms with Gasteiger partial charge in [0.1, 0.15) is 4.33 Å². The molecule has 0 aromatic rings. The van der Waals surface area contributed by atoms with Crippen LogP contribution in [0.2, 0.25) is 0 Å². The van der Waals surface area contributed by atoms with E-state index in [1.165, 1.54) is 0 Å². The topological polar surface area (TPSA) is 23.5 Å². The molecule has 4 heteroatoms. The summed E-state index contributed by atoms with van der Waals surface area (Å²) in [5.41, 5.74) is 0. The molecule has 2 nitrogen and oxygen atoms in total. The van der Waals surface area contributed by atoms with Crippen LogP contribution in [0.1, 0.15) is 19.3 Å². The molecule has 1 aliphatic heterocycles. The standard InChI is InChI=1S/C9H15Cl2NO/c10-9(11)4-7(9)5-12-3-1-2-8(13)6-12/h7-8,13H,1-6H2. The lowest BCUT2D eigenvalue weighted by molar-refractivity contribution is 0.0682. The number of aliphatic hydroxyl groups is 1. The van der Waals surface area contributed by atoms with E-state index >= 15 is 0 Å². The van der Waals surface area contributed by atoms with Crippen LogP contribution in [0.15, 0.2) is 0 Å². The summed E-state index contributed by atoms with van der Waals surface area (Å²) in [6.07, 6.45) is 2.79. The fourth-order valence-electron chi connectivity index (χ4n) is 1.98. The van der Waals surface area contributed by atoms with E-state index < -0.39 is 4.33 Å². The normalized spacial score (nSPS) is 39.0. The third-order valence-electron chi connectivity index (χ3n) is 2.91. The Bertz CT molecular complexity index is 198. The van der Waals surface area contributed by atoms with Crippen LogP contribution in [0.25, 0.3) is 0 Å². The second-order valence-electron chi connectivity index (χ2n) is 4.22. The van der Waals surface area contributed by atoms with Crippen LogP contribution in [0.4, 0.5) is 0 Å². The molecular weight excluding hydrogens is 209 g/mol. The maximum atomic E-state index is 9.44. The van der Waals surface area contributed by atoms with Gasteiger partial charge < -0.3 is 10.0 Å². The van der Waals surface area contributed by atoms with Gasteiger partial charge in [0.15, 0.2) is 0 Å². The highest BCUT2D eigenvalue weighted by Gasteiger charge is 2.52. The number of hydrogen-bond donors (Lipinski definition) is 1. The van der Waals surface area contributed by atoms with Gasteiger partial charge in [-0.1, -0.05) is 0 Å². The minimum atomic E-state index is -0.470. The zero-order chi connectivity index (χ0) is 9.47. The molecule has 1 heterocycles. The summed E-state index contributed by atoms with van der Waals surface area (Å²) >= 11 is 11.9. The lowest BCUT2D eigenvalue weighted by Gasteiger charge is -2.30. The highest BCUT2D eigenvalue weighted by Crippen LogP contribution is 2.53. The van der Waals surface area contributed by atoms with Crippen LogP contribution in [-0.2, 0) is 0 Å². The van der Waals surface area contributed by atoms with Gasteiger partial charge in [0.05, 0.1) is 6.10 Å². The molecule has 0 spiro atoms. The van der Waals surface area contributed by atoms with Gasteiger partial charge in [0.2, 0.25) is 0 Å². The molecule has 0 bridgehead atoms. The first-order chi connectivity index (χ1) is 6.08. The third kappa shape index (κ3) is 2.50. The van der Waals surface area contributed by atoms with E-state index in [1.807, 2.05) is 0 Å². The number of halogens is 2. The van der Waals surface area contributed by atoms with E-state index in [-0.39, 0.29) is 6.10 Å². The fraction of sp³-hybridized carbons (Fsp3) is 1.00. The van der Waals surface area contributed by atoms with Crippen molar-refractivity contribution in [2.24, 2.45) is 5.92 Å². The van der Waals surface area contributed by atoms with Gasteiger partial charge in [-0.15, -0.1) is 23.2 Å². The molecule has 0 aromatic carbocycles. The molecule has 2 fully saturated rings. The Morgan fingerprint density at radius 2 is 2.15 bits per heavy atom. The number of rotatable bonds is 2. The number of aliphatic hydroxyl groups excluding tert-OH is 1. The van der Waals surface area contributed by atoms with E-state index in [0.717, 1.165) is 38.9 Å². The van der Waals surface area contributed by atoms with Gasteiger partial charge in [-0.25, -0.2) is 0 Å². The van der Waals surface area contributed by atoms with Crippen LogP contribution in [-0.4, -0.2) is 40.1 Å². The number of likely N-dealkylation sites (tertiary alicyclic amines) is 1. The van der Waals surface area contributed by atoms with Crippen molar-refractivity contribution in [3.05, 3.63) is 0 Å². The van der Waals surface area contributed by atoms with Crippen molar-refractivity contribution in [2.45, 2.75) is 29.7 Å². The number of alkyl halides is 2. The molecule has 0 radical (unpaired) electrons. The third-order valence-corrected chi connectivity index (χ3v) is 3.84. The number of β-amino-alcohol motifs (C(OH)–C–C–N with tert-alkyl or cyclic N) is 1. The summed E-state index contributed by atoms with van der Waals surface area (Å²) in [7, 11) is 0. The van der Waals surface area contributed by atoms with E-state index in [0.29, 0.717) is 5.92 Å². The lowest BCUT2D eigenvalue weighted by Crippen LogP contribution is -2.39. The predicted octanol–water partition coefficient (Wildman–Crippen LogP) is 1.64. The van der Waals surface area contributed by atoms with Crippen LogP contribution in [0.3, 0.4) is 0 Å². The van der Waals surface area contributed by atoms with Crippen LogP contribution in [0, 0.1) is 5.92 Å². The molecule has 1 N–H and O–H groups in total. The average molecular weight is 224 g/mol. The Morgan fingerprint density at radius 3 is 2.69 bits per heavy atom. The van der Waals surface area contributed by atoms with E-state index in [4.69, 9.17) is 23.2 Å². The smallest absolute Gasteiger partial charge is 0.122 e. The zero-order valence-electron chi connectivity index (χ0n) is 7.55. The Labute approximate surface area is 88.8 Å². The van der Waals surface area contributed by atoms with Crippen molar-refractivity contribution in [3.8, 4) is 0 Å². The second kappa shape index (κ2) is 3.58. The molecule has 1 aliphatic carbocycles. The first-order valence-corrected chi connectivity index (χ1v) is 5.62. The van der Waals surface area contributed by atoms with Crippen molar-refractivity contribution < 1.29 is 5.11 Å². The first kappa shape index (κ1) is 10.0. The van der Waals surface area contributed by atoms with Crippen LogP contribution in [0.5, 0.6) is 0 Å². The molecule has 0 aromatic heterocycles. The van der Waals surface area contributed by atoms with Gasteiger partial charge in [0, 0.05) is 19.0 Å². The molecule has 76 valence electrons. The van der Waals surface area contributed by atoms with Gasteiger partial charge in [-0.3, -0.25) is 0 Å². The van der Waals surface area contributed by atoms with Gasteiger partial charge >= 0.3 is 0 Å². The summed E-state index contributed by atoms with van der Waals surface area (Å²) < 4.78 is -0.470. The number of nitrogens with zero attached hydrogens (tertiary/aromatic N) is 1. The molecule has 2 rings (SSSR count). The van der Waals surface area contributed by atoms with Gasteiger partial charge in [-0.2, -0.15) is 0 Å². The van der Waals surface area contributed by atoms with Gasteiger partial charge in [0.25, 0.3) is 0 Å². The Hall–Kier alpha value is 0.500. The van der Waals surface area contributed by atoms with Crippen molar-refractivity contribution >= 4 is 23.2 Å². The van der Waals surface area contributed by atoms with Crippen molar-refractivity contribution in [1.82, 2.24) is 4.90 Å². The lowest BCUT2D eigenvalue weighted by atomic mass is 10.1. The maximum Gasteiger partial charge on any atom is 0.122 e. The van der Waals surface area contributed by atoms with E-state index in [1.54, 1.807) is 0 Å². The van der Waals surface area contributed by atoms with Crippen LogP contribution >= 0.6 is 23.2 Å². The highest BCUT2D eigenvalue weighted by molar-refractivity contribution is 6.50. The molecule has 1 saturated heterocycles. The quantitative estimate of drug-likeness (QED) is 0.720. The summed E-state index contributed by atoms with van der Waals surface area (Å²) in [5, 5.41) is 9.44. The predicted molar refractivity (Wildman–Crippen MR) is 54.2 cm³/mol. The van der Waals surface area contributed by atoms with Crippen molar-refractivity contribution in [3.63, 3.8) is 0 Å². The summed E-state index contributed by atoms with van der Waals surface area (Å²) in [6.45, 7) is 2.82. The minimum absolute atomic E-state index is 0.146. The zero-order valence-corrected chi connectivity index (χ0v) is 9.06. The molecule has 2 unspecified atom stereocenters. The van der Waals surface area contributed by atoms with Crippen molar-refractivity contribution in [2.75, 3.05) is 19.6 Å². The average Bonchev–Trinajstić information content (AvgIpc) is 2.58.